The highest BCUT2D eigenvalue weighted by atomic mass is 16.6. The number of carbonyl (C=O) groups excluding carboxylic acids is 1. The van der Waals surface area contributed by atoms with Crippen LogP contribution in [0.25, 0.3) is 0 Å². The molecule has 0 spiro atoms. The second-order valence-electron chi connectivity index (χ2n) is 6.33. The van der Waals surface area contributed by atoms with Gasteiger partial charge in [0.05, 0.1) is 0 Å². The molecule has 0 aliphatic rings. The molecule has 17 heavy (non-hydrogen) atoms. The topological polar surface area (TPSA) is 29.5 Å². The van der Waals surface area contributed by atoms with Crippen LogP contribution in [0, 0.1) is 5.41 Å². The molecule has 3 nitrogen and oxygen atoms in total. The fraction of sp³-hybridized carbons (Fsp3) is 0.786. The standard InChI is InChI=1S/C14H27NO2/c1-8-9-10-14(5,6)11-15(7)12(16)17-13(2,3)4/h8H,1,9-11H2,2-7H3. The summed E-state index contributed by atoms with van der Waals surface area (Å²) in [5.74, 6) is 0. The first kappa shape index (κ1) is 16.0. The van der Waals surface area contributed by atoms with Gasteiger partial charge in [-0.3, -0.25) is 0 Å². The molecule has 0 fully saturated rings. The lowest BCUT2D eigenvalue weighted by molar-refractivity contribution is 0.0232. The molecular formula is C14H27NO2. The number of nitrogens with zero attached hydrogens (tertiary/aromatic N) is 1. The molecule has 0 atom stereocenters. The Hall–Kier alpha value is -0.990. The van der Waals surface area contributed by atoms with E-state index in [1.807, 2.05) is 26.8 Å². The maximum Gasteiger partial charge on any atom is 0.410 e. The van der Waals surface area contributed by atoms with Gasteiger partial charge in [0.2, 0.25) is 0 Å². The Bertz CT molecular complexity index is 264. The van der Waals surface area contributed by atoms with Gasteiger partial charge in [-0.25, -0.2) is 4.79 Å². The summed E-state index contributed by atoms with van der Waals surface area (Å²) in [7, 11) is 1.78. The molecule has 0 aromatic rings. The third-order valence-corrected chi connectivity index (χ3v) is 2.40. The zero-order valence-electron chi connectivity index (χ0n) is 12.2. The number of ether oxygens (including phenoxy) is 1. The van der Waals surface area contributed by atoms with Gasteiger partial charge in [0.15, 0.2) is 0 Å². The summed E-state index contributed by atoms with van der Waals surface area (Å²) in [6.07, 6.45) is 3.64. The summed E-state index contributed by atoms with van der Waals surface area (Å²) < 4.78 is 5.32. The number of carbonyl (C=O) groups is 1. The average Bonchev–Trinajstić information content (AvgIpc) is 2.11. The van der Waals surface area contributed by atoms with Crippen molar-refractivity contribution in [2.45, 2.75) is 53.1 Å². The smallest absolute Gasteiger partial charge is 0.410 e. The Balaban J connectivity index is 4.28. The van der Waals surface area contributed by atoms with E-state index in [-0.39, 0.29) is 11.5 Å². The molecule has 1 amide bonds. The van der Waals surface area contributed by atoms with Crippen LogP contribution in [0.5, 0.6) is 0 Å². The van der Waals surface area contributed by atoms with Crippen LogP contribution in [-0.2, 0) is 4.74 Å². The quantitative estimate of drug-likeness (QED) is 0.684. The van der Waals surface area contributed by atoms with E-state index in [0.29, 0.717) is 6.54 Å². The third-order valence-electron chi connectivity index (χ3n) is 2.40. The predicted octanol–water partition coefficient (Wildman–Crippen LogP) is 3.85. The maximum absolute atomic E-state index is 11.8. The fourth-order valence-electron chi connectivity index (χ4n) is 1.62. The van der Waals surface area contributed by atoms with E-state index in [2.05, 4.69) is 20.4 Å². The van der Waals surface area contributed by atoms with Gasteiger partial charge >= 0.3 is 6.09 Å². The third kappa shape index (κ3) is 7.83. The minimum Gasteiger partial charge on any atom is -0.444 e. The largest absolute Gasteiger partial charge is 0.444 e. The molecule has 0 bridgehead atoms. The highest BCUT2D eigenvalue weighted by Crippen LogP contribution is 2.24. The Kier molecular flexibility index (Phi) is 5.73. The highest BCUT2D eigenvalue weighted by molar-refractivity contribution is 5.67. The second-order valence-corrected chi connectivity index (χ2v) is 6.33. The summed E-state index contributed by atoms with van der Waals surface area (Å²) in [5.41, 5.74) is -0.351. The number of hydrogen-bond donors (Lipinski definition) is 0. The molecule has 0 rings (SSSR count). The van der Waals surface area contributed by atoms with Crippen molar-refractivity contribution in [1.29, 1.82) is 0 Å². The van der Waals surface area contributed by atoms with E-state index in [9.17, 15) is 4.79 Å². The predicted molar refractivity (Wildman–Crippen MR) is 72.1 cm³/mol. The maximum atomic E-state index is 11.8. The molecule has 100 valence electrons. The summed E-state index contributed by atoms with van der Waals surface area (Å²) in [6, 6.07) is 0. The summed E-state index contributed by atoms with van der Waals surface area (Å²) in [4.78, 5) is 13.4. The van der Waals surface area contributed by atoms with Crippen molar-refractivity contribution in [3.8, 4) is 0 Å². The summed E-state index contributed by atoms with van der Waals surface area (Å²) in [6.45, 7) is 14.3. The normalized spacial score (nSPS) is 12.1. The van der Waals surface area contributed by atoms with Crippen LogP contribution in [0.3, 0.4) is 0 Å². The molecule has 0 radical (unpaired) electrons. The van der Waals surface area contributed by atoms with E-state index in [1.54, 1.807) is 11.9 Å². The highest BCUT2D eigenvalue weighted by Gasteiger charge is 2.25. The molecule has 0 unspecified atom stereocenters. The zero-order valence-corrected chi connectivity index (χ0v) is 12.2. The molecule has 3 heteroatoms. The van der Waals surface area contributed by atoms with Gasteiger partial charge in [0.1, 0.15) is 5.60 Å². The van der Waals surface area contributed by atoms with Crippen molar-refractivity contribution in [1.82, 2.24) is 4.90 Å². The second kappa shape index (κ2) is 6.08. The molecular weight excluding hydrogens is 214 g/mol. The molecule has 0 saturated heterocycles. The number of hydrogen-bond acceptors (Lipinski definition) is 2. The Morgan fingerprint density at radius 1 is 1.29 bits per heavy atom. The van der Waals surface area contributed by atoms with Crippen molar-refractivity contribution in [3.05, 3.63) is 12.7 Å². The lowest BCUT2D eigenvalue weighted by Crippen LogP contribution is -2.39. The van der Waals surface area contributed by atoms with Crippen LogP contribution in [0.1, 0.15) is 47.5 Å². The van der Waals surface area contributed by atoms with Gasteiger partial charge in [-0.1, -0.05) is 19.9 Å². The first-order valence-electron chi connectivity index (χ1n) is 6.12. The van der Waals surface area contributed by atoms with Crippen molar-refractivity contribution in [2.24, 2.45) is 5.41 Å². The van der Waals surface area contributed by atoms with Gasteiger partial charge in [-0.05, 0) is 39.0 Å². The van der Waals surface area contributed by atoms with Gasteiger partial charge in [0.25, 0.3) is 0 Å². The molecule has 0 aliphatic carbocycles. The molecule has 0 N–H and O–H groups in total. The van der Waals surface area contributed by atoms with E-state index < -0.39 is 5.60 Å². The summed E-state index contributed by atoms with van der Waals surface area (Å²) in [5, 5.41) is 0. The van der Waals surface area contributed by atoms with E-state index in [4.69, 9.17) is 4.74 Å². The van der Waals surface area contributed by atoms with Crippen molar-refractivity contribution in [3.63, 3.8) is 0 Å². The minimum atomic E-state index is -0.434. The minimum absolute atomic E-state index is 0.0832. The monoisotopic (exact) mass is 241 g/mol. The molecule has 0 aromatic heterocycles. The van der Waals surface area contributed by atoms with Crippen molar-refractivity contribution in [2.75, 3.05) is 13.6 Å². The van der Waals surface area contributed by atoms with E-state index in [1.165, 1.54) is 0 Å². The van der Waals surface area contributed by atoms with Crippen LogP contribution < -0.4 is 0 Å². The van der Waals surface area contributed by atoms with Crippen molar-refractivity contribution < 1.29 is 9.53 Å². The lowest BCUT2D eigenvalue weighted by atomic mass is 9.87. The molecule has 0 aromatic carbocycles. The number of rotatable bonds is 5. The SMILES string of the molecule is C=CCCC(C)(C)CN(C)C(=O)OC(C)(C)C. The van der Waals surface area contributed by atoms with E-state index >= 15 is 0 Å². The Labute approximate surface area is 106 Å². The van der Waals surface area contributed by atoms with Crippen LogP contribution in [-0.4, -0.2) is 30.2 Å². The van der Waals surface area contributed by atoms with Gasteiger partial charge in [-0.15, -0.1) is 6.58 Å². The van der Waals surface area contributed by atoms with E-state index in [0.717, 1.165) is 12.8 Å². The van der Waals surface area contributed by atoms with Gasteiger partial charge in [0, 0.05) is 13.6 Å². The molecule has 0 aliphatic heterocycles. The van der Waals surface area contributed by atoms with Gasteiger partial charge < -0.3 is 9.64 Å². The van der Waals surface area contributed by atoms with Crippen LogP contribution in [0.15, 0.2) is 12.7 Å². The Morgan fingerprint density at radius 2 is 1.82 bits per heavy atom. The average molecular weight is 241 g/mol. The summed E-state index contributed by atoms with van der Waals surface area (Å²) >= 11 is 0. The van der Waals surface area contributed by atoms with Gasteiger partial charge in [-0.2, -0.15) is 0 Å². The van der Waals surface area contributed by atoms with Crippen LogP contribution in [0.4, 0.5) is 4.79 Å². The van der Waals surface area contributed by atoms with Crippen LogP contribution >= 0.6 is 0 Å². The lowest BCUT2D eigenvalue weighted by Gasteiger charge is -2.31. The number of amides is 1. The first-order valence-corrected chi connectivity index (χ1v) is 6.12. The van der Waals surface area contributed by atoms with Crippen LogP contribution in [0.2, 0.25) is 0 Å². The Morgan fingerprint density at radius 3 is 2.24 bits per heavy atom. The molecule has 0 saturated carbocycles. The number of allylic oxidation sites excluding steroid dienone is 1. The first-order chi connectivity index (χ1) is 7.57. The van der Waals surface area contributed by atoms with Crippen molar-refractivity contribution >= 4 is 6.09 Å². The molecule has 0 heterocycles. The fourth-order valence-corrected chi connectivity index (χ4v) is 1.62. The zero-order chi connectivity index (χ0) is 13.7.